The Balaban J connectivity index is 2.44. The van der Waals surface area contributed by atoms with Crippen LogP contribution < -0.4 is 5.32 Å². The van der Waals surface area contributed by atoms with E-state index in [1.807, 2.05) is 0 Å². The lowest BCUT2D eigenvalue weighted by molar-refractivity contribution is -0.141. The molecule has 0 saturated carbocycles. The van der Waals surface area contributed by atoms with E-state index in [0.29, 0.717) is 5.56 Å². The molecule has 2 atom stereocenters. The van der Waals surface area contributed by atoms with Gasteiger partial charge in [0.1, 0.15) is 5.54 Å². The molecule has 1 aromatic rings. The van der Waals surface area contributed by atoms with Crippen LogP contribution in [0.25, 0.3) is 0 Å². The Morgan fingerprint density at radius 1 is 1.33 bits per heavy atom. The highest BCUT2D eigenvalue weighted by Gasteiger charge is 2.44. The predicted octanol–water partition coefficient (Wildman–Crippen LogP) is 1.90. The molecule has 1 saturated heterocycles. The first-order chi connectivity index (χ1) is 9.84. The van der Waals surface area contributed by atoms with Crippen LogP contribution in [0.2, 0.25) is 0 Å². The van der Waals surface area contributed by atoms with E-state index in [1.165, 1.54) is 0 Å². The van der Waals surface area contributed by atoms with E-state index in [1.54, 1.807) is 44.2 Å². The maximum atomic E-state index is 12.8. The van der Waals surface area contributed by atoms with E-state index < -0.39 is 30.5 Å². The standard InChI is InChI=1S/C15H18F2N2O2/c1-10-8-13(20)18-15(2,11-6-4-3-5-7-11)14(21)19(10)9-12(16)17/h3-7,10,12H,8-9H2,1-2H3,(H,18,20). The maximum absolute atomic E-state index is 12.8. The Labute approximate surface area is 122 Å². The van der Waals surface area contributed by atoms with Crippen molar-refractivity contribution in [1.82, 2.24) is 10.2 Å². The third-order valence-electron chi connectivity index (χ3n) is 3.78. The van der Waals surface area contributed by atoms with Crippen molar-refractivity contribution in [2.75, 3.05) is 6.54 Å². The molecule has 1 aliphatic heterocycles. The van der Waals surface area contributed by atoms with Crippen molar-refractivity contribution in [2.24, 2.45) is 0 Å². The van der Waals surface area contributed by atoms with Crippen LogP contribution >= 0.6 is 0 Å². The second-order valence-corrected chi connectivity index (χ2v) is 5.44. The Bertz CT molecular complexity index is 536. The number of nitrogens with zero attached hydrogens (tertiary/aromatic N) is 1. The van der Waals surface area contributed by atoms with Gasteiger partial charge in [0.25, 0.3) is 12.3 Å². The van der Waals surface area contributed by atoms with Crippen LogP contribution in [0, 0.1) is 0 Å². The largest absolute Gasteiger partial charge is 0.338 e. The molecule has 1 heterocycles. The van der Waals surface area contributed by atoms with Crippen LogP contribution in [-0.4, -0.2) is 35.7 Å². The van der Waals surface area contributed by atoms with Crippen molar-refractivity contribution in [3.8, 4) is 0 Å². The topological polar surface area (TPSA) is 49.4 Å². The van der Waals surface area contributed by atoms with Gasteiger partial charge >= 0.3 is 0 Å². The molecule has 0 aliphatic carbocycles. The van der Waals surface area contributed by atoms with Gasteiger partial charge in [0.2, 0.25) is 5.91 Å². The fraction of sp³-hybridized carbons (Fsp3) is 0.467. The molecule has 2 rings (SSSR count). The summed E-state index contributed by atoms with van der Waals surface area (Å²) in [7, 11) is 0. The average molecular weight is 296 g/mol. The minimum atomic E-state index is -2.63. The van der Waals surface area contributed by atoms with Gasteiger partial charge < -0.3 is 10.2 Å². The third-order valence-corrected chi connectivity index (χ3v) is 3.78. The SMILES string of the molecule is CC1CC(=O)NC(C)(c2ccccc2)C(=O)N1CC(F)F. The summed E-state index contributed by atoms with van der Waals surface area (Å²) in [6.45, 7) is 2.49. The van der Waals surface area contributed by atoms with Gasteiger partial charge in [-0.05, 0) is 19.4 Å². The van der Waals surface area contributed by atoms with Gasteiger partial charge in [0, 0.05) is 12.5 Å². The molecule has 1 aromatic carbocycles. The number of alkyl halides is 2. The molecule has 21 heavy (non-hydrogen) atoms. The van der Waals surface area contributed by atoms with Gasteiger partial charge in [-0.1, -0.05) is 30.3 Å². The Hall–Kier alpha value is -1.98. The molecular weight excluding hydrogens is 278 g/mol. The second kappa shape index (κ2) is 5.79. The number of benzene rings is 1. The molecule has 114 valence electrons. The highest BCUT2D eigenvalue weighted by atomic mass is 19.3. The monoisotopic (exact) mass is 296 g/mol. The smallest absolute Gasteiger partial charge is 0.255 e. The number of nitrogens with one attached hydrogen (secondary N) is 1. The van der Waals surface area contributed by atoms with E-state index in [4.69, 9.17) is 0 Å². The van der Waals surface area contributed by atoms with Gasteiger partial charge in [0.05, 0.1) is 6.54 Å². The quantitative estimate of drug-likeness (QED) is 0.926. The highest BCUT2D eigenvalue weighted by molar-refractivity contribution is 5.94. The van der Waals surface area contributed by atoms with Crippen molar-refractivity contribution in [3.05, 3.63) is 35.9 Å². The van der Waals surface area contributed by atoms with Crippen molar-refractivity contribution in [1.29, 1.82) is 0 Å². The zero-order valence-electron chi connectivity index (χ0n) is 12.0. The predicted molar refractivity (Wildman–Crippen MR) is 73.7 cm³/mol. The first kappa shape index (κ1) is 15.4. The summed E-state index contributed by atoms with van der Waals surface area (Å²) in [6, 6.07) is 8.12. The maximum Gasteiger partial charge on any atom is 0.255 e. The van der Waals surface area contributed by atoms with Gasteiger partial charge in [-0.2, -0.15) is 0 Å². The lowest BCUT2D eigenvalue weighted by Gasteiger charge is -2.34. The van der Waals surface area contributed by atoms with Gasteiger partial charge in [-0.25, -0.2) is 8.78 Å². The summed E-state index contributed by atoms with van der Waals surface area (Å²) < 4.78 is 25.5. The number of carbonyl (C=O) groups excluding carboxylic acids is 2. The zero-order valence-corrected chi connectivity index (χ0v) is 12.0. The fourth-order valence-corrected chi connectivity index (χ4v) is 2.63. The number of rotatable bonds is 3. The number of hydrogen-bond donors (Lipinski definition) is 1. The normalized spacial score (nSPS) is 26.7. The average Bonchev–Trinajstić information content (AvgIpc) is 2.50. The number of halogens is 2. The Morgan fingerprint density at radius 2 is 1.95 bits per heavy atom. The number of hydrogen-bond acceptors (Lipinski definition) is 2. The highest BCUT2D eigenvalue weighted by Crippen LogP contribution is 2.28. The molecule has 0 spiro atoms. The minimum Gasteiger partial charge on any atom is -0.338 e. The zero-order chi connectivity index (χ0) is 15.6. The summed E-state index contributed by atoms with van der Waals surface area (Å²) in [5.74, 6) is -0.827. The van der Waals surface area contributed by atoms with Crippen LogP contribution in [0.3, 0.4) is 0 Å². The molecule has 0 bridgehead atoms. The second-order valence-electron chi connectivity index (χ2n) is 5.44. The number of amides is 2. The molecule has 1 N–H and O–H groups in total. The van der Waals surface area contributed by atoms with Crippen molar-refractivity contribution in [2.45, 2.75) is 38.3 Å². The van der Waals surface area contributed by atoms with Gasteiger partial charge in [-0.15, -0.1) is 0 Å². The molecule has 1 fully saturated rings. The van der Waals surface area contributed by atoms with Crippen LogP contribution in [0.15, 0.2) is 30.3 Å². The fourth-order valence-electron chi connectivity index (χ4n) is 2.63. The van der Waals surface area contributed by atoms with Crippen LogP contribution in [-0.2, 0) is 15.1 Å². The van der Waals surface area contributed by atoms with E-state index >= 15 is 0 Å². The number of carbonyl (C=O) groups is 2. The van der Waals surface area contributed by atoms with E-state index in [-0.39, 0.29) is 12.3 Å². The summed E-state index contributed by atoms with van der Waals surface area (Å²) in [4.78, 5) is 25.8. The summed E-state index contributed by atoms with van der Waals surface area (Å²) in [6.07, 6.45) is -2.62. The molecule has 0 radical (unpaired) electrons. The summed E-state index contributed by atoms with van der Waals surface area (Å²) in [5, 5.41) is 2.68. The Morgan fingerprint density at radius 3 is 2.52 bits per heavy atom. The molecule has 6 heteroatoms. The van der Waals surface area contributed by atoms with Crippen LogP contribution in [0.4, 0.5) is 8.78 Å². The van der Waals surface area contributed by atoms with Crippen molar-refractivity contribution in [3.63, 3.8) is 0 Å². The molecular formula is C15H18F2N2O2. The summed E-state index contributed by atoms with van der Waals surface area (Å²) in [5.41, 5.74) is -0.741. The lowest BCUT2D eigenvalue weighted by atomic mass is 9.90. The van der Waals surface area contributed by atoms with Crippen molar-refractivity contribution < 1.29 is 18.4 Å². The first-order valence-corrected chi connectivity index (χ1v) is 6.80. The van der Waals surface area contributed by atoms with Crippen molar-refractivity contribution >= 4 is 11.8 Å². The minimum absolute atomic E-state index is 0.0148. The lowest BCUT2D eigenvalue weighted by Crippen LogP contribution is -2.54. The summed E-state index contributed by atoms with van der Waals surface area (Å²) >= 11 is 0. The van der Waals surface area contributed by atoms with E-state index in [9.17, 15) is 18.4 Å². The van der Waals surface area contributed by atoms with E-state index in [0.717, 1.165) is 4.90 Å². The third kappa shape index (κ3) is 3.04. The van der Waals surface area contributed by atoms with Gasteiger partial charge in [-0.3, -0.25) is 9.59 Å². The molecule has 1 aliphatic rings. The molecule has 4 nitrogen and oxygen atoms in total. The Kier molecular flexibility index (Phi) is 4.25. The molecule has 0 aromatic heterocycles. The van der Waals surface area contributed by atoms with Crippen LogP contribution in [0.1, 0.15) is 25.8 Å². The first-order valence-electron chi connectivity index (χ1n) is 6.80. The van der Waals surface area contributed by atoms with Gasteiger partial charge in [0.15, 0.2) is 0 Å². The van der Waals surface area contributed by atoms with E-state index in [2.05, 4.69) is 5.32 Å². The molecule has 2 amide bonds. The van der Waals surface area contributed by atoms with Crippen LogP contribution in [0.5, 0.6) is 0 Å². The molecule has 2 unspecified atom stereocenters.